The Morgan fingerprint density at radius 1 is 1.35 bits per heavy atom. The van der Waals surface area contributed by atoms with Crippen molar-refractivity contribution in [1.29, 1.82) is 0 Å². The van der Waals surface area contributed by atoms with Gasteiger partial charge >= 0.3 is 0 Å². The van der Waals surface area contributed by atoms with E-state index in [0.29, 0.717) is 5.92 Å². The van der Waals surface area contributed by atoms with Gasteiger partial charge in [0.15, 0.2) is 0 Å². The monoisotopic (exact) mass is 232 g/mol. The second-order valence-corrected chi connectivity index (χ2v) is 5.46. The molecule has 0 saturated heterocycles. The number of benzene rings is 1. The second kappa shape index (κ2) is 5.54. The average Bonchev–Trinajstić information content (AvgIpc) is 2.66. The summed E-state index contributed by atoms with van der Waals surface area (Å²) in [7, 11) is 0. The zero-order valence-corrected chi connectivity index (χ0v) is 11.0. The molecule has 0 saturated carbocycles. The van der Waals surface area contributed by atoms with Gasteiger partial charge in [-0.25, -0.2) is 0 Å². The van der Waals surface area contributed by atoms with E-state index in [4.69, 9.17) is 5.73 Å². The first kappa shape index (κ1) is 12.4. The lowest BCUT2D eigenvalue weighted by atomic mass is 9.98. The zero-order valence-electron chi connectivity index (χ0n) is 11.0. The van der Waals surface area contributed by atoms with Crippen LogP contribution < -0.4 is 10.6 Å². The molecule has 2 heteroatoms. The minimum atomic E-state index is 0.642. The van der Waals surface area contributed by atoms with Crippen molar-refractivity contribution in [3.63, 3.8) is 0 Å². The smallest absolute Gasteiger partial charge is 0.0402 e. The van der Waals surface area contributed by atoms with Crippen LogP contribution in [0.3, 0.4) is 0 Å². The molecule has 1 aliphatic rings. The maximum Gasteiger partial charge on any atom is 0.0402 e. The Hall–Kier alpha value is -1.02. The molecule has 2 nitrogen and oxygen atoms in total. The second-order valence-electron chi connectivity index (χ2n) is 5.46. The molecule has 1 aromatic rings. The fourth-order valence-corrected chi connectivity index (χ4v) is 2.66. The number of nitrogens with two attached hydrogens (primary N) is 1. The summed E-state index contributed by atoms with van der Waals surface area (Å²) in [6, 6.07) is 8.82. The minimum absolute atomic E-state index is 0.642. The normalized spacial score (nSPS) is 18.8. The van der Waals surface area contributed by atoms with E-state index in [-0.39, 0.29) is 0 Å². The van der Waals surface area contributed by atoms with Crippen molar-refractivity contribution in [2.45, 2.75) is 32.6 Å². The fraction of sp³-hybridized carbons (Fsp3) is 0.600. The molecule has 0 amide bonds. The van der Waals surface area contributed by atoms with Crippen LogP contribution in [0, 0.1) is 5.92 Å². The number of nitrogens with zero attached hydrogens (tertiary/aromatic N) is 1. The number of para-hydroxylation sites is 1. The van der Waals surface area contributed by atoms with Gasteiger partial charge in [-0.3, -0.25) is 0 Å². The van der Waals surface area contributed by atoms with Gasteiger partial charge in [0.25, 0.3) is 0 Å². The molecule has 2 N–H and O–H groups in total. The summed E-state index contributed by atoms with van der Waals surface area (Å²) in [4.78, 5) is 2.54. The fourth-order valence-electron chi connectivity index (χ4n) is 2.66. The number of hydrogen-bond donors (Lipinski definition) is 1. The minimum Gasteiger partial charge on any atom is -0.371 e. The number of rotatable bonds is 5. The summed E-state index contributed by atoms with van der Waals surface area (Å²) in [6.45, 7) is 7.70. The summed E-state index contributed by atoms with van der Waals surface area (Å²) in [5.74, 6) is 1.42. The van der Waals surface area contributed by atoms with Gasteiger partial charge in [-0.15, -0.1) is 0 Å². The van der Waals surface area contributed by atoms with Crippen molar-refractivity contribution < 1.29 is 0 Å². The molecule has 94 valence electrons. The molecule has 0 radical (unpaired) electrons. The van der Waals surface area contributed by atoms with Crippen molar-refractivity contribution in [2.24, 2.45) is 11.7 Å². The van der Waals surface area contributed by atoms with Crippen molar-refractivity contribution in [3.05, 3.63) is 29.8 Å². The van der Waals surface area contributed by atoms with Crippen LogP contribution in [0.25, 0.3) is 0 Å². The highest BCUT2D eigenvalue weighted by molar-refractivity contribution is 5.60. The Bertz CT molecular complexity index is 360. The molecule has 1 atom stereocenters. The lowest BCUT2D eigenvalue weighted by molar-refractivity contribution is 0.562. The molecule has 17 heavy (non-hydrogen) atoms. The average molecular weight is 232 g/mol. The molecule has 0 spiro atoms. The lowest BCUT2D eigenvalue weighted by Crippen LogP contribution is -2.24. The van der Waals surface area contributed by atoms with E-state index in [2.05, 4.69) is 43.0 Å². The molecular formula is C15H24N2. The van der Waals surface area contributed by atoms with Crippen LogP contribution in [0.2, 0.25) is 0 Å². The predicted molar refractivity (Wildman–Crippen MR) is 74.5 cm³/mol. The maximum absolute atomic E-state index is 5.71. The molecule has 1 unspecified atom stereocenters. The van der Waals surface area contributed by atoms with Gasteiger partial charge in [0.2, 0.25) is 0 Å². The van der Waals surface area contributed by atoms with Crippen molar-refractivity contribution in [1.82, 2.24) is 0 Å². The van der Waals surface area contributed by atoms with Gasteiger partial charge in [0.05, 0.1) is 0 Å². The highest BCUT2D eigenvalue weighted by Crippen LogP contribution is 2.37. The molecule has 2 rings (SSSR count). The van der Waals surface area contributed by atoms with E-state index in [9.17, 15) is 0 Å². The predicted octanol–water partition coefficient (Wildman–Crippen LogP) is 2.99. The van der Waals surface area contributed by atoms with Crippen LogP contribution >= 0.6 is 0 Å². The SMILES string of the molecule is CC(C)CCN1CC(CCN)c2ccccc21. The third kappa shape index (κ3) is 2.81. The summed E-state index contributed by atoms with van der Waals surface area (Å²) in [5, 5.41) is 0. The van der Waals surface area contributed by atoms with E-state index in [1.54, 1.807) is 0 Å². The van der Waals surface area contributed by atoms with Gasteiger partial charge < -0.3 is 10.6 Å². The standard InChI is InChI=1S/C15H24N2/c1-12(2)8-10-17-11-13(7-9-16)14-5-3-4-6-15(14)17/h3-6,12-13H,7-11,16H2,1-2H3. The van der Waals surface area contributed by atoms with E-state index < -0.39 is 0 Å². The quantitative estimate of drug-likeness (QED) is 0.845. The Morgan fingerprint density at radius 2 is 2.12 bits per heavy atom. The van der Waals surface area contributed by atoms with Crippen molar-refractivity contribution >= 4 is 5.69 Å². The van der Waals surface area contributed by atoms with E-state index in [0.717, 1.165) is 25.4 Å². The number of anilines is 1. The van der Waals surface area contributed by atoms with Gasteiger partial charge in [-0.1, -0.05) is 32.0 Å². The molecule has 1 heterocycles. The van der Waals surface area contributed by atoms with Gasteiger partial charge in [0, 0.05) is 24.7 Å². The van der Waals surface area contributed by atoms with Crippen LogP contribution in [-0.2, 0) is 0 Å². The lowest BCUT2D eigenvalue weighted by Gasteiger charge is -2.21. The summed E-state index contributed by atoms with van der Waals surface area (Å²) in [5.41, 5.74) is 8.65. The number of hydrogen-bond acceptors (Lipinski definition) is 2. The molecule has 0 aliphatic carbocycles. The van der Waals surface area contributed by atoms with Gasteiger partial charge in [-0.2, -0.15) is 0 Å². The maximum atomic E-state index is 5.71. The van der Waals surface area contributed by atoms with Crippen LogP contribution in [0.4, 0.5) is 5.69 Å². The molecule has 1 aromatic carbocycles. The topological polar surface area (TPSA) is 29.3 Å². The third-order valence-electron chi connectivity index (χ3n) is 3.65. The molecule has 0 aromatic heterocycles. The van der Waals surface area contributed by atoms with E-state index in [1.807, 2.05) is 0 Å². The van der Waals surface area contributed by atoms with E-state index in [1.165, 1.54) is 24.2 Å². The van der Waals surface area contributed by atoms with Crippen molar-refractivity contribution in [2.75, 3.05) is 24.5 Å². The molecule has 1 aliphatic heterocycles. The molecule has 0 bridgehead atoms. The number of fused-ring (bicyclic) bond motifs is 1. The first-order chi connectivity index (χ1) is 8.22. The van der Waals surface area contributed by atoms with Crippen LogP contribution in [0.15, 0.2) is 24.3 Å². The highest BCUT2D eigenvalue weighted by Gasteiger charge is 2.27. The summed E-state index contributed by atoms with van der Waals surface area (Å²) >= 11 is 0. The molecule has 0 fully saturated rings. The zero-order chi connectivity index (χ0) is 12.3. The molecular weight excluding hydrogens is 208 g/mol. The van der Waals surface area contributed by atoms with Crippen LogP contribution in [-0.4, -0.2) is 19.6 Å². The first-order valence-corrected chi connectivity index (χ1v) is 6.76. The Balaban J connectivity index is 2.11. The Kier molecular flexibility index (Phi) is 4.06. The van der Waals surface area contributed by atoms with Gasteiger partial charge in [0.1, 0.15) is 0 Å². The Morgan fingerprint density at radius 3 is 2.82 bits per heavy atom. The third-order valence-corrected chi connectivity index (χ3v) is 3.65. The van der Waals surface area contributed by atoms with E-state index >= 15 is 0 Å². The van der Waals surface area contributed by atoms with Crippen LogP contribution in [0.1, 0.15) is 38.2 Å². The largest absolute Gasteiger partial charge is 0.371 e. The van der Waals surface area contributed by atoms with Crippen molar-refractivity contribution in [3.8, 4) is 0 Å². The summed E-state index contributed by atoms with van der Waals surface area (Å²) in [6.07, 6.45) is 2.37. The van der Waals surface area contributed by atoms with Gasteiger partial charge in [-0.05, 0) is 36.9 Å². The summed E-state index contributed by atoms with van der Waals surface area (Å²) < 4.78 is 0. The first-order valence-electron chi connectivity index (χ1n) is 6.76. The van der Waals surface area contributed by atoms with Crippen LogP contribution in [0.5, 0.6) is 0 Å². The highest BCUT2D eigenvalue weighted by atomic mass is 15.2. The Labute approximate surface area is 105 Å².